The van der Waals surface area contributed by atoms with Crippen molar-refractivity contribution in [1.82, 2.24) is 24.7 Å². The molecular formula is C13H15N5. The summed E-state index contributed by atoms with van der Waals surface area (Å²) in [5, 5.41) is 3.38. The molecule has 3 heterocycles. The predicted molar refractivity (Wildman–Crippen MR) is 69.2 cm³/mol. The van der Waals surface area contributed by atoms with E-state index in [1.54, 1.807) is 6.33 Å². The van der Waals surface area contributed by atoms with Crippen LogP contribution in [0.15, 0.2) is 43.1 Å². The smallest absolute Gasteiger partial charge is 0.137 e. The SMILES string of the molecule is c1ccn2cc(CNCCc3cnc[nH]3)nc2c1. The fraction of sp³-hybridized carbons (Fsp3) is 0.231. The van der Waals surface area contributed by atoms with Crippen molar-refractivity contribution in [2.45, 2.75) is 13.0 Å². The second-order valence-electron chi connectivity index (χ2n) is 4.20. The molecule has 0 saturated heterocycles. The van der Waals surface area contributed by atoms with Gasteiger partial charge >= 0.3 is 0 Å². The summed E-state index contributed by atoms with van der Waals surface area (Å²) in [5.41, 5.74) is 3.20. The van der Waals surface area contributed by atoms with Crippen molar-refractivity contribution >= 4 is 5.65 Å². The highest BCUT2D eigenvalue weighted by Crippen LogP contribution is 2.03. The topological polar surface area (TPSA) is 58.0 Å². The fourth-order valence-electron chi connectivity index (χ4n) is 1.93. The molecule has 3 rings (SSSR count). The van der Waals surface area contributed by atoms with Crippen LogP contribution < -0.4 is 5.32 Å². The molecule has 5 heteroatoms. The molecule has 0 spiro atoms. The maximum atomic E-state index is 4.53. The molecule has 0 aliphatic heterocycles. The van der Waals surface area contributed by atoms with E-state index in [1.807, 2.05) is 35.0 Å². The third-order valence-corrected chi connectivity index (χ3v) is 2.85. The summed E-state index contributed by atoms with van der Waals surface area (Å²) in [4.78, 5) is 11.6. The van der Waals surface area contributed by atoms with Crippen LogP contribution in [0.25, 0.3) is 5.65 Å². The average Bonchev–Trinajstić information content (AvgIpc) is 3.03. The van der Waals surface area contributed by atoms with E-state index >= 15 is 0 Å². The Balaban J connectivity index is 1.53. The van der Waals surface area contributed by atoms with Gasteiger partial charge in [0.15, 0.2) is 0 Å². The minimum Gasteiger partial charge on any atom is -0.348 e. The zero-order chi connectivity index (χ0) is 12.2. The number of hydrogen-bond donors (Lipinski definition) is 2. The first-order valence-corrected chi connectivity index (χ1v) is 6.02. The number of aromatic amines is 1. The van der Waals surface area contributed by atoms with Crippen molar-refractivity contribution in [3.63, 3.8) is 0 Å². The van der Waals surface area contributed by atoms with Crippen molar-refractivity contribution in [3.8, 4) is 0 Å². The predicted octanol–water partition coefficient (Wildman–Crippen LogP) is 1.39. The highest BCUT2D eigenvalue weighted by molar-refractivity contribution is 5.39. The minimum absolute atomic E-state index is 0.788. The molecule has 0 radical (unpaired) electrons. The number of pyridine rings is 1. The maximum Gasteiger partial charge on any atom is 0.137 e. The molecule has 0 aliphatic carbocycles. The number of aromatic nitrogens is 4. The molecule has 92 valence electrons. The van der Waals surface area contributed by atoms with E-state index in [4.69, 9.17) is 0 Å². The molecule has 3 aromatic heterocycles. The Morgan fingerprint density at radius 2 is 2.33 bits per heavy atom. The number of hydrogen-bond acceptors (Lipinski definition) is 3. The Kier molecular flexibility index (Phi) is 3.06. The van der Waals surface area contributed by atoms with Gasteiger partial charge in [0.1, 0.15) is 5.65 Å². The van der Waals surface area contributed by atoms with Crippen LogP contribution in [0.4, 0.5) is 0 Å². The van der Waals surface area contributed by atoms with E-state index in [-0.39, 0.29) is 0 Å². The van der Waals surface area contributed by atoms with Crippen LogP contribution in [0.5, 0.6) is 0 Å². The van der Waals surface area contributed by atoms with Gasteiger partial charge in [-0.05, 0) is 12.1 Å². The molecule has 0 atom stereocenters. The molecule has 0 aliphatic rings. The van der Waals surface area contributed by atoms with Crippen molar-refractivity contribution < 1.29 is 0 Å². The first-order chi connectivity index (χ1) is 8.92. The number of nitrogens with one attached hydrogen (secondary N) is 2. The molecule has 0 amide bonds. The summed E-state index contributed by atoms with van der Waals surface area (Å²) >= 11 is 0. The summed E-state index contributed by atoms with van der Waals surface area (Å²) in [5.74, 6) is 0. The van der Waals surface area contributed by atoms with Crippen LogP contribution in [0.3, 0.4) is 0 Å². The summed E-state index contributed by atoms with van der Waals surface area (Å²) in [6, 6.07) is 6.01. The van der Waals surface area contributed by atoms with Crippen LogP contribution in [0.2, 0.25) is 0 Å². The molecule has 3 aromatic rings. The van der Waals surface area contributed by atoms with Gasteiger partial charge in [0, 0.05) is 43.8 Å². The summed E-state index contributed by atoms with van der Waals surface area (Å²) in [7, 11) is 0. The maximum absolute atomic E-state index is 4.53. The summed E-state index contributed by atoms with van der Waals surface area (Å²) in [6.07, 6.45) is 8.58. The molecule has 0 fully saturated rings. The van der Waals surface area contributed by atoms with E-state index in [1.165, 1.54) is 0 Å². The molecule has 5 nitrogen and oxygen atoms in total. The lowest BCUT2D eigenvalue weighted by molar-refractivity contribution is 0.672. The van der Waals surface area contributed by atoms with Crippen LogP contribution >= 0.6 is 0 Å². The van der Waals surface area contributed by atoms with Gasteiger partial charge in [-0.25, -0.2) is 9.97 Å². The van der Waals surface area contributed by atoms with Crippen molar-refractivity contribution in [3.05, 3.63) is 54.5 Å². The van der Waals surface area contributed by atoms with Gasteiger partial charge in [-0.1, -0.05) is 6.07 Å². The molecule has 0 unspecified atom stereocenters. The largest absolute Gasteiger partial charge is 0.348 e. The van der Waals surface area contributed by atoms with E-state index in [0.717, 1.165) is 36.5 Å². The van der Waals surface area contributed by atoms with Crippen molar-refractivity contribution in [2.75, 3.05) is 6.54 Å². The lowest BCUT2D eigenvalue weighted by atomic mass is 10.3. The molecule has 2 N–H and O–H groups in total. The normalized spacial score (nSPS) is 11.1. The lowest BCUT2D eigenvalue weighted by Gasteiger charge is -2.00. The fourth-order valence-corrected chi connectivity index (χ4v) is 1.93. The minimum atomic E-state index is 0.788. The number of fused-ring (bicyclic) bond motifs is 1. The number of rotatable bonds is 5. The highest BCUT2D eigenvalue weighted by Gasteiger charge is 2.00. The third-order valence-electron chi connectivity index (χ3n) is 2.85. The first kappa shape index (κ1) is 11.0. The van der Waals surface area contributed by atoms with Crippen LogP contribution in [0.1, 0.15) is 11.4 Å². The zero-order valence-corrected chi connectivity index (χ0v) is 10.0. The summed E-state index contributed by atoms with van der Waals surface area (Å²) in [6.45, 7) is 1.70. The second kappa shape index (κ2) is 5.01. The van der Waals surface area contributed by atoms with E-state index in [2.05, 4.69) is 26.5 Å². The number of H-pyrrole nitrogens is 1. The van der Waals surface area contributed by atoms with Gasteiger partial charge in [-0.3, -0.25) is 0 Å². The number of imidazole rings is 2. The Labute approximate surface area is 105 Å². The average molecular weight is 241 g/mol. The van der Waals surface area contributed by atoms with Crippen LogP contribution in [0, 0.1) is 0 Å². The van der Waals surface area contributed by atoms with E-state index < -0.39 is 0 Å². The summed E-state index contributed by atoms with van der Waals surface area (Å²) < 4.78 is 2.03. The molecule has 0 bridgehead atoms. The van der Waals surface area contributed by atoms with E-state index in [0.29, 0.717) is 0 Å². The second-order valence-corrected chi connectivity index (χ2v) is 4.20. The van der Waals surface area contributed by atoms with Gasteiger partial charge in [0.25, 0.3) is 0 Å². The molecule has 0 saturated carbocycles. The van der Waals surface area contributed by atoms with Gasteiger partial charge in [-0.15, -0.1) is 0 Å². The van der Waals surface area contributed by atoms with Crippen LogP contribution in [-0.2, 0) is 13.0 Å². The number of nitrogens with zero attached hydrogens (tertiary/aromatic N) is 3. The van der Waals surface area contributed by atoms with Crippen molar-refractivity contribution in [2.24, 2.45) is 0 Å². The zero-order valence-electron chi connectivity index (χ0n) is 10.0. The van der Waals surface area contributed by atoms with Crippen molar-refractivity contribution in [1.29, 1.82) is 0 Å². The van der Waals surface area contributed by atoms with Gasteiger partial charge < -0.3 is 14.7 Å². The standard InChI is InChI=1S/C13H15N5/c1-2-6-18-9-12(17-13(18)3-1)8-14-5-4-11-7-15-10-16-11/h1-3,6-7,9-10,14H,4-5,8H2,(H,15,16). The van der Waals surface area contributed by atoms with E-state index in [9.17, 15) is 0 Å². The Hall–Kier alpha value is -2.14. The van der Waals surface area contributed by atoms with Crippen LogP contribution in [-0.4, -0.2) is 25.9 Å². The van der Waals surface area contributed by atoms with Gasteiger partial charge in [0.05, 0.1) is 12.0 Å². The first-order valence-electron chi connectivity index (χ1n) is 6.02. The van der Waals surface area contributed by atoms with Gasteiger partial charge in [-0.2, -0.15) is 0 Å². The molecular weight excluding hydrogens is 226 g/mol. The highest BCUT2D eigenvalue weighted by atomic mass is 15.0. The Morgan fingerprint density at radius 3 is 3.17 bits per heavy atom. The molecule has 0 aromatic carbocycles. The molecule has 18 heavy (non-hydrogen) atoms. The Morgan fingerprint density at radius 1 is 1.33 bits per heavy atom. The monoisotopic (exact) mass is 241 g/mol. The van der Waals surface area contributed by atoms with Gasteiger partial charge in [0.2, 0.25) is 0 Å². The lowest BCUT2D eigenvalue weighted by Crippen LogP contribution is -2.16. The third kappa shape index (κ3) is 2.41. The quantitative estimate of drug-likeness (QED) is 0.664. The Bertz CT molecular complexity index is 578.